The van der Waals surface area contributed by atoms with E-state index in [0.717, 1.165) is 11.2 Å². The van der Waals surface area contributed by atoms with Gasteiger partial charge in [-0.2, -0.15) is 4.31 Å². The van der Waals surface area contributed by atoms with Crippen LogP contribution >= 0.6 is 0 Å². The van der Waals surface area contributed by atoms with E-state index < -0.39 is 68.8 Å². The second-order valence-electron chi connectivity index (χ2n) is 17.0. The second kappa shape index (κ2) is 17.2. The van der Waals surface area contributed by atoms with E-state index in [0.29, 0.717) is 24.3 Å². The molecule has 2 aliphatic heterocycles. The van der Waals surface area contributed by atoms with Gasteiger partial charge in [-0.25, -0.2) is 27.7 Å². The summed E-state index contributed by atoms with van der Waals surface area (Å²) in [6.45, 7) is 16.7. The fourth-order valence-electron chi connectivity index (χ4n) is 6.21. The highest BCUT2D eigenvalue weighted by Crippen LogP contribution is 2.28. The van der Waals surface area contributed by atoms with Crippen molar-refractivity contribution in [2.24, 2.45) is 0 Å². The van der Waals surface area contributed by atoms with Crippen LogP contribution in [0.4, 0.5) is 21.0 Å². The molecule has 0 unspecified atom stereocenters. The van der Waals surface area contributed by atoms with Crippen LogP contribution in [0.2, 0.25) is 0 Å². The van der Waals surface area contributed by atoms with Gasteiger partial charge in [0.2, 0.25) is 21.9 Å². The van der Waals surface area contributed by atoms with Gasteiger partial charge in [-0.1, -0.05) is 0 Å². The van der Waals surface area contributed by atoms with Crippen LogP contribution in [0.3, 0.4) is 0 Å². The highest BCUT2D eigenvalue weighted by molar-refractivity contribution is 7.88. The van der Waals surface area contributed by atoms with Crippen molar-refractivity contribution in [1.29, 1.82) is 5.41 Å². The van der Waals surface area contributed by atoms with Crippen LogP contribution in [0, 0.1) is 5.41 Å². The van der Waals surface area contributed by atoms with Gasteiger partial charge in [-0.15, -0.1) is 0 Å². The van der Waals surface area contributed by atoms with Gasteiger partial charge in [0.05, 0.1) is 17.5 Å². The number of nitrogens with one attached hydrogen (secondary N) is 3. The molecule has 2 fully saturated rings. The summed E-state index contributed by atoms with van der Waals surface area (Å²) in [4.78, 5) is 70.9. The Balaban J connectivity index is 1.59. The molecule has 2 aromatic rings. The highest BCUT2D eigenvalue weighted by atomic mass is 32.2. The van der Waals surface area contributed by atoms with Crippen molar-refractivity contribution in [2.45, 2.75) is 97.6 Å². The molecule has 312 valence electrons. The predicted molar refractivity (Wildman–Crippen MR) is 214 cm³/mol. The van der Waals surface area contributed by atoms with Crippen LogP contribution in [0.5, 0.6) is 0 Å². The van der Waals surface area contributed by atoms with Crippen molar-refractivity contribution in [3.8, 4) is 0 Å². The van der Waals surface area contributed by atoms with Crippen LogP contribution in [0.15, 0.2) is 48.5 Å². The Morgan fingerprint density at radius 2 is 1.28 bits per heavy atom. The van der Waals surface area contributed by atoms with E-state index in [1.165, 1.54) is 45.6 Å². The number of likely N-dealkylation sites (tertiary alicyclic amines) is 1. The smallest absolute Gasteiger partial charge is 0.421 e. The van der Waals surface area contributed by atoms with Crippen LogP contribution in [-0.4, -0.2) is 126 Å². The standard InChI is InChI=1S/C39H55N7O10S/c1-37(2,3)54-33(49)26-11-15-27(16-12-26)41-31(47)30-23-29(43-19-21-44(22-20-43)57(10,52)53)24-45(30)32(48)25-13-17-28(18-14-25)46(36(51)56-39(7,8)9)34(40)42-35(50)55-38(4,5)6/h11-18,29-30H,19-24H2,1-10H3,(H,41,47)(H2,40,42,50)/t29-,30-/m0/s1. The second-order valence-corrected chi connectivity index (χ2v) is 18.9. The Morgan fingerprint density at radius 3 is 1.79 bits per heavy atom. The van der Waals surface area contributed by atoms with E-state index in [4.69, 9.17) is 19.6 Å². The van der Waals surface area contributed by atoms with Gasteiger partial charge < -0.3 is 24.4 Å². The Labute approximate surface area is 334 Å². The number of carbonyl (C=O) groups excluding carboxylic acids is 5. The predicted octanol–water partition coefficient (Wildman–Crippen LogP) is 4.64. The number of esters is 1. The number of guanidine groups is 1. The summed E-state index contributed by atoms with van der Waals surface area (Å²) in [6, 6.07) is 10.8. The molecule has 0 aromatic heterocycles. The fourth-order valence-corrected chi connectivity index (χ4v) is 7.04. The van der Waals surface area contributed by atoms with Gasteiger partial charge in [0.25, 0.3) is 5.91 Å². The summed E-state index contributed by atoms with van der Waals surface area (Å²) in [5.74, 6) is -2.10. The van der Waals surface area contributed by atoms with Crippen molar-refractivity contribution in [3.63, 3.8) is 0 Å². The van der Waals surface area contributed by atoms with Crippen molar-refractivity contribution >= 4 is 57.3 Å². The molecule has 57 heavy (non-hydrogen) atoms. The Kier molecular flexibility index (Phi) is 13.5. The van der Waals surface area contributed by atoms with Crippen molar-refractivity contribution in [2.75, 3.05) is 49.2 Å². The fraction of sp³-hybridized carbons (Fsp3) is 0.538. The van der Waals surface area contributed by atoms with E-state index in [9.17, 15) is 32.4 Å². The molecule has 0 bridgehead atoms. The molecule has 2 atom stereocenters. The van der Waals surface area contributed by atoms with E-state index in [2.05, 4.69) is 15.5 Å². The lowest BCUT2D eigenvalue weighted by atomic mass is 10.1. The molecule has 2 aromatic carbocycles. The van der Waals surface area contributed by atoms with Gasteiger partial charge >= 0.3 is 18.2 Å². The minimum absolute atomic E-state index is 0.106. The highest BCUT2D eigenvalue weighted by Gasteiger charge is 2.43. The summed E-state index contributed by atoms with van der Waals surface area (Å²) in [5.41, 5.74) is -1.51. The summed E-state index contributed by atoms with van der Waals surface area (Å²) >= 11 is 0. The first-order valence-corrected chi connectivity index (χ1v) is 20.4. The lowest BCUT2D eigenvalue weighted by molar-refractivity contribution is -0.119. The first kappa shape index (κ1) is 44.6. The number of carbonyl (C=O) groups is 5. The number of nitrogens with zero attached hydrogens (tertiary/aromatic N) is 4. The molecule has 18 heteroatoms. The lowest BCUT2D eigenvalue weighted by Crippen LogP contribution is -2.52. The number of ether oxygens (including phenoxy) is 3. The number of amides is 4. The zero-order valence-electron chi connectivity index (χ0n) is 34.3. The van der Waals surface area contributed by atoms with Crippen molar-refractivity contribution < 1.29 is 46.6 Å². The number of alkyl carbamates (subject to hydrolysis) is 1. The molecule has 4 amide bonds. The number of rotatable bonds is 7. The molecule has 4 rings (SSSR count). The number of benzene rings is 2. The number of hydrogen-bond acceptors (Lipinski definition) is 12. The van der Waals surface area contributed by atoms with Crippen LogP contribution in [0.25, 0.3) is 0 Å². The molecule has 0 spiro atoms. The quantitative estimate of drug-likeness (QED) is 0.152. The SMILES string of the molecule is CC(C)(C)OC(=O)NC(=N)N(C(=O)OC(C)(C)C)c1ccc(C(=O)N2C[C@@H](N3CCN(S(C)(=O)=O)CC3)C[C@H]2C(=O)Nc2ccc(C(=O)OC(C)(C)C)cc2)cc1. The summed E-state index contributed by atoms with van der Waals surface area (Å²) < 4.78 is 41.9. The maximum atomic E-state index is 14.2. The van der Waals surface area contributed by atoms with E-state index >= 15 is 0 Å². The Hall–Kier alpha value is -5.07. The molecular weight excluding hydrogens is 759 g/mol. The normalized spacial score (nSPS) is 18.3. The van der Waals surface area contributed by atoms with E-state index in [-0.39, 0.29) is 43.3 Å². The number of hydrogen-bond donors (Lipinski definition) is 3. The van der Waals surface area contributed by atoms with Gasteiger partial charge in [-0.3, -0.25) is 25.2 Å². The van der Waals surface area contributed by atoms with Crippen molar-refractivity contribution in [3.05, 3.63) is 59.7 Å². The Bertz CT molecular complexity index is 1940. The number of anilines is 2. The minimum atomic E-state index is -3.38. The molecule has 0 radical (unpaired) electrons. The summed E-state index contributed by atoms with van der Waals surface area (Å²) in [7, 11) is -3.38. The number of sulfonamides is 1. The molecule has 2 aliphatic rings. The summed E-state index contributed by atoms with van der Waals surface area (Å²) in [6.07, 6.45) is -0.489. The van der Waals surface area contributed by atoms with Gasteiger partial charge in [0.15, 0.2) is 0 Å². The maximum absolute atomic E-state index is 14.2. The van der Waals surface area contributed by atoms with Crippen molar-refractivity contribution in [1.82, 2.24) is 19.4 Å². The molecule has 0 saturated carbocycles. The zero-order valence-corrected chi connectivity index (χ0v) is 35.1. The average molecular weight is 814 g/mol. The third-order valence-electron chi connectivity index (χ3n) is 8.68. The van der Waals surface area contributed by atoms with Gasteiger partial charge in [-0.05, 0) is 117 Å². The topological polar surface area (TPSA) is 208 Å². The molecule has 2 saturated heterocycles. The molecule has 17 nitrogen and oxygen atoms in total. The molecule has 3 N–H and O–H groups in total. The van der Waals surface area contributed by atoms with E-state index in [1.807, 2.05) is 0 Å². The maximum Gasteiger partial charge on any atom is 0.421 e. The zero-order chi connectivity index (χ0) is 42.7. The third kappa shape index (κ3) is 12.7. The largest absolute Gasteiger partial charge is 0.456 e. The molecule has 0 aliphatic carbocycles. The van der Waals surface area contributed by atoms with E-state index in [1.54, 1.807) is 74.4 Å². The average Bonchev–Trinajstić information content (AvgIpc) is 3.52. The van der Waals surface area contributed by atoms with Gasteiger partial charge in [0, 0.05) is 50.0 Å². The van der Waals surface area contributed by atoms with Gasteiger partial charge in [0.1, 0.15) is 22.8 Å². The monoisotopic (exact) mass is 813 g/mol. The molecular formula is C39H55N7O10S. The van der Waals surface area contributed by atoms with Crippen LogP contribution in [0.1, 0.15) is 89.5 Å². The first-order valence-electron chi connectivity index (χ1n) is 18.6. The molecule has 2 heterocycles. The number of piperazine rings is 1. The summed E-state index contributed by atoms with van der Waals surface area (Å²) in [5, 5.41) is 13.7. The Morgan fingerprint density at radius 1 is 0.754 bits per heavy atom. The minimum Gasteiger partial charge on any atom is -0.456 e. The van der Waals surface area contributed by atoms with Crippen LogP contribution < -0.4 is 15.5 Å². The lowest BCUT2D eigenvalue weighted by Gasteiger charge is -2.36. The first-order chi connectivity index (χ1) is 26.2. The third-order valence-corrected chi connectivity index (χ3v) is 9.98. The van der Waals surface area contributed by atoms with Crippen LogP contribution in [-0.2, 0) is 29.0 Å².